The number of rotatable bonds is 3. The van der Waals surface area contributed by atoms with Crippen molar-refractivity contribution in [3.63, 3.8) is 0 Å². The molecule has 17 heavy (non-hydrogen) atoms. The molecule has 0 aliphatic rings. The molecule has 1 aromatic heterocycles. The largest absolute Gasteiger partial charge is 0.493 e. The Hall–Kier alpha value is -1.82. The van der Waals surface area contributed by atoms with Gasteiger partial charge in [0.25, 0.3) is 5.56 Å². The molecule has 0 fully saturated rings. The SMILES string of the molecule is COc1ccccc1Oc1nc[nH]c(=O)c1Br. The van der Waals surface area contributed by atoms with Crippen LogP contribution < -0.4 is 15.0 Å². The van der Waals surface area contributed by atoms with Crippen molar-refractivity contribution >= 4 is 15.9 Å². The van der Waals surface area contributed by atoms with Gasteiger partial charge in [-0.2, -0.15) is 0 Å². The summed E-state index contributed by atoms with van der Waals surface area (Å²) in [6.07, 6.45) is 1.28. The Kier molecular flexibility index (Phi) is 3.43. The van der Waals surface area contributed by atoms with E-state index in [2.05, 4.69) is 25.9 Å². The number of hydrogen-bond acceptors (Lipinski definition) is 4. The molecule has 2 rings (SSSR count). The van der Waals surface area contributed by atoms with Crippen molar-refractivity contribution in [1.82, 2.24) is 9.97 Å². The lowest BCUT2D eigenvalue weighted by molar-refractivity contribution is 0.372. The molecule has 0 unspecified atom stereocenters. The second-order valence-electron chi connectivity index (χ2n) is 3.10. The van der Waals surface area contributed by atoms with Gasteiger partial charge in [-0.05, 0) is 28.1 Å². The Morgan fingerprint density at radius 3 is 2.71 bits per heavy atom. The van der Waals surface area contributed by atoms with E-state index in [4.69, 9.17) is 9.47 Å². The van der Waals surface area contributed by atoms with Crippen molar-refractivity contribution in [3.05, 3.63) is 45.4 Å². The lowest BCUT2D eigenvalue weighted by Crippen LogP contribution is -2.08. The summed E-state index contributed by atoms with van der Waals surface area (Å²) in [5.41, 5.74) is -0.301. The van der Waals surface area contributed by atoms with Gasteiger partial charge in [-0.15, -0.1) is 0 Å². The minimum absolute atomic E-state index is 0.193. The molecular weight excluding hydrogens is 288 g/mol. The highest BCUT2D eigenvalue weighted by Crippen LogP contribution is 2.31. The van der Waals surface area contributed by atoms with Gasteiger partial charge in [-0.3, -0.25) is 4.79 Å². The number of H-pyrrole nitrogens is 1. The molecule has 1 heterocycles. The highest BCUT2D eigenvalue weighted by atomic mass is 79.9. The zero-order valence-electron chi connectivity index (χ0n) is 8.94. The first-order valence-corrected chi connectivity index (χ1v) is 5.55. The van der Waals surface area contributed by atoms with Gasteiger partial charge in [0.2, 0.25) is 5.88 Å². The third-order valence-electron chi connectivity index (χ3n) is 2.04. The van der Waals surface area contributed by atoms with Gasteiger partial charge in [0.15, 0.2) is 11.5 Å². The number of aromatic amines is 1. The Labute approximate surface area is 106 Å². The van der Waals surface area contributed by atoms with E-state index in [0.29, 0.717) is 11.5 Å². The van der Waals surface area contributed by atoms with Crippen molar-refractivity contribution in [1.29, 1.82) is 0 Å². The highest BCUT2D eigenvalue weighted by molar-refractivity contribution is 9.10. The van der Waals surface area contributed by atoms with Crippen LogP contribution in [0.4, 0.5) is 0 Å². The zero-order chi connectivity index (χ0) is 12.3. The van der Waals surface area contributed by atoms with Crippen LogP contribution in [0, 0.1) is 0 Å². The van der Waals surface area contributed by atoms with Crippen LogP contribution in [-0.2, 0) is 0 Å². The Morgan fingerprint density at radius 1 is 1.29 bits per heavy atom. The summed E-state index contributed by atoms with van der Waals surface area (Å²) in [6, 6.07) is 7.12. The van der Waals surface area contributed by atoms with Crippen LogP contribution >= 0.6 is 15.9 Å². The van der Waals surface area contributed by atoms with Gasteiger partial charge >= 0.3 is 0 Å². The summed E-state index contributed by atoms with van der Waals surface area (Å²) in [6.45, 7) is 0. The van der Waals surface area contributed by atoms with Crippen molar-refractivity contribution in [2.45, 2.75) is 0 Å². The average molecular weight is 297 g/mol. The minimum Gasteiger partial charge on any atom is -0.493 e. The summed E-state index contributed by atoms with van der Waals surface area (Å²) in [7, 11) is 1.54. The van der Waals surface area contributed by atoms with Crippen LogP contribution in [0.25, 0.3) is 0 Å². The van der Waals surface area contributed by atoms with E-state index in [0.717, 1.165) is 0 Å². The minimum atomic E-state index is -0.301. The van der Waals surface area contributed by atoms with Gasteiger partial charge < -0.3 is 14.5 Å². The maximum absolute atomic E-state index is 11.3. The molecule has 5 nitrogen and oxygen atoms in total. The van der Waals surface area contributed by atoms with Crippen LogP contribution in [0.3, 0.4) is 0 Å². The third-order valence-corrected chi connectivity index (χ3v) is 2.74. The van der Waals surface area contributed by atoms with Crippen LogP contribution in [0.2, 0.25) is 0 Å². The summed E-state index contributed by atoms with van der Waals surface area (Å²) < 4.78 is 10.9. The second-order valence-corrected chi connectivity index (χ2v) is 3.90. The first kappa shape index (κ1) is 11.7. The maximum atomic E-state index is 11.3. The van der Waals surface area contributed by atoms with E-state index < -0.39 is 0 Å². The fraction of sp³-hybridized carbons (Fsp3) is 0.0909. The maximum Gasteiger partial charge on any atom is 0.268 e. The van der Waals surface area contributed by atoms with E-state index in [9.17, 15) is 4.79 Å². The monoisotopic (exact) mass is 296 g/mol. The molecule has 6 heteroatoms. The molecule has 1 aromatic carbocycles. The molecule has 0 saturated heterocycles. The van der Waals surface area contributed by atoms with Gasteiger partial charge in [0, 0.05) is 0 Å². The standard InChI is InChI=1S/C11H9BrN2O3/c1-16-7-4-2-3-5-8(7)17-11-9(12)10(15)13-6-14-11/h2-6H,1H3,(H,13,14,15). The zero-order valence-corrected chi connectivity index (χ0v) is 10.5. The van der Waals surface area contributed by atoms with Crippen molar-refractivity contribution < 1.29 is 9.47 Å². The van der Waals surface area contributed by atoms with Gasteiger partial charge in [0.05, 0.1) is 13.4 Å². The summed E-state index contributed by atoms with van der Waals surface area (Å²) in [5.74, 6) is 1.26. The molecule has 0 amide bonds. The predicted octanol–water partition coefficient (Wildman–Crippen LogP) is 2.33. The molecule has 0 radical (unpaired) electrons. The van der Waals surface area contributed by atoms with Crippen molar-refractivity contribution in [3.8, 4) is 17.4 Å². The lowest BCUT2D eigenvalue weighted by atomic mass is 10.3. The number of para-hydroxylation sites is 2. The fourth-order valence-electron chi connectivity index (χ4n) is 1.25. The molecule has 2 aromatic rings. The number of methoxy groups -OCH3 is 1. The number of benzene rings is 1. The lowest BCUT2D eigenvalue weighted by Gasteiger charge is -2.09. The topological polar surface area (TPSA) is 64.2 Å². The Balaban J connectivity index is 2.38. The van der Waals surface area contributed by atoms with Crippen molar-refractivity contribution in [2.75, 3.05) is 7.11 Å². The quantitative estimate of drug-likeness (QED) is 0.944. The highest BCUT2D eigenvalue weighted by Gasteiger charge is 2.10. The molecule has 0 aliphatic heterocycles. The fourth-order valence-corrected chi connectivity index (χ4v) is 1.54. The molecule has 0 atom stereocenters. The first-order chi connectivity index (χ1) is 8.22. The molecule has 0 spiro atoms. The van der Waals surface area contributed by atoms with Crippen molar-refractivity contribution in [2.24, 2.45) is 0 Å². The van der Waals surface area contributed by atoms with Gasteiger partial charge in [-0.25, -0.2) is 4.98 Å². The van der Waals surface area contributed by atoms with E-state index in [1.54, 1.807) is 25.3 Å². The molecular formula is C11H9BrN2O3. The van der Waals surface area contributed by atoms with E-state index in [1.807, 2.05) is 6.07 Å². The van der Waals surface area contributed by atoms with E-state index in [-0.39, 0.29) is 15.9 Å². The number of nitrogens with zero attached hydrogens (tertiary/aromatic N) is 1. The molecule has 0 aliphatic carbocycles. The summed E-state index contributed by atoms with van der Waals surface area (Å²) in [5, 5.41) is 0. The molecule has 88 valence electrons. The smallest absolute Gasteiger partial charge is 0.268 e. The number of hydrogen-bond donors (Lipinski definition) is 1. The molecule has 1 N–H and O–H groups in total. The Morgan fingerprint density at radius 2 is 2.00 bits per heavy atom. The van der Waals surface area contributed by atoms with Crippen LogP contribution in [0.15, 0.2) is 39.9 Å². The van der Waals surface area contributed by atoms with Crippen LogP contribution in [-0.4, -0.2) is 17.1 Å². The predicted molar refractivity (Wildman–Crippen MR) is 65.6 cm³/mol. The van der Waals surface area contributed by atoms with E-state index >= 15 is 0 Å². The normalized spacial score (nSPS) is 10.0. The molecule has 0 bridgehead atoms. The number of nitrogens with one attached hydrogen (secondary N) is 1. The number of halogens is 1. The molecule has 0 saturated carbocycles. The Bertz CT molecular complexity index is 583. The summed E-state index contributed by atoms with van der Waals surface area (Å²) >= 11 is 3.11. The third kappa shape index (κ3) is 2.47. The van der Waals surface area contributed by atoms with Crippen LogP contribution in [0.5, 0.6) is 17.4 Å². The van der Waals surface area contributed by atoms with Crippen LogP contribution in [0.1, 0.15) is 0 Å². The summed E-state index contributed by atoms with van der Waals surface area (Å²) in [4.78, 5) is 17.7. The second kappa shape index (κ2) is 5.01. The number of aromatic nitrogens is 2. The average Bonchev–Trinajstić information content (AvgIpc) is 2.35. The first-order valence-electron chi connectivity index (χ1n) is 4.76. The van der Waals surface area contributed by atoms with Gasteiger partial charge in [-0.1, -0.05) is 12.1 Å². The van der Waals surface area contributed by atoms with E-state index in [1.165, 1.54) is 6.33 Å². The number of ether oxygens (including phenoxy) is 2. The van der Waals surface area contributed by atoms with Gasteiger partial charge in [0.1, 0.15) is 4.47 Å².